The number of hydrogen-bond acceptors (Lipinski definition) is 10. The molecule has 3 rings (SSSR count). The largest absolute Gasteiger partial charge is 0.493 e. The van der Waals surface area contributed by atoms with Gasteiger partial charge in [-0.25, -0.2) is 24.3 Å². The van der Waals surface area contributed by atoms with Crippen LogP contribution in [0.2, 0.25) is 0 Å². The maximum absolute atomic E-state index is 12.3. The van der Waals surface area contributed by atoms with Crippen molar-refractivity contribution in [3.63, 3.8) is 0 Å². The summed E-state index contributed by atoms with van der Waals surface area (Å²) in [5.74, 6) is 5.53. The van der Waals surface area contributed by atoms with Gasteiger partial charge >= 0.3 is 5.70 Å². The van der Waals surface area contributed by atoms with Crippen LogP contribution in [0.5, 0.6) is 11.5 Å². The van der Waals surface area contributed by atoms with Gasteiger partial charge in [0, 0.05) is 18.7 Å². The van der Waals surface area contributed by atoms with E-state index < -0.39 is 31.8 Å². The number of methoxy groups -OCH3 is 1. The molecular weight excluding hydrogens is 438 g/mol. The first-order valence-electron chi connectivity index (χ1n) is 9.14. The molecule has 11 nitrogen and oxygen atoms in total. The van der Waals surface area contributed by atoms with E-state index in [9.17, 15) is 23.8 Å². The van der Waals surface area contributed by atoms with Crippen LogP contribution >= 0.6 is 0 Å². The SMILES string of the molecule is COc1ccc(C#N)cc1OC1=C([N+](=O)[O-])C(Cc2ccccc2)=NC(S(C)(=O)=O)N1N. The van der Waals surface area contributed by atoms with Crippen LogP contribution in [0.1, 0.15) is 11.1 Å². The molecule has 0 saturated heterocycles. The maximum Gasteiger partial charge on any atom is 0.351 e. The zero-order valence-corrected chi connectivity index (χ0v) is 17.9. The summed E-state index contributed by atoms with van der Waals surface area (Å²) in [7, 11) is -2.56. The van der Waals surface area contributed by atoms with E-state index in [-0.39, 0.29) is 29.2 Å². The molecule has 0 radical (unpaired) electrons. The fourth-order valence-corrected chi connectivity index (χ4v) is 3.86. The summed E-state index contributed by atoms with van der Waals surface area (Å²) in [6.45, 7) is 0. The van der Waals surface area contributed by atoms with Gasteiger partial charge < -0.3 is 9.47 Å². The molecule has 0 aliphatic carbocycles. The number of hydrazine groups is 1. The highest BCUT2D eigenvalue weighted by atomic mass is 32.2. The van der Waals surface area contributed by atoms with E-state index in [1.807, 2.05) is 6.07 Å². The van der Waals surface area contributed by atoms with Crippen molar-refractivity contribution < 1.29 is 22.8 Å². The van der Waals surface area contributed by atoms with Crippen LogP contribution in [0, 0.1) is 21.4 Å². The Morgan fingerprint density at radius 1 is 1.25 bits per heavy atom. The van der Waals surface area contributed by atoms with Crippen LogP contribution in [0.25, 0.3) is 0 Å². The highest BCUT2D eigenvalue weighted by Crippen LogP contribution is 2.33. The summed E-state index contributed by atoms with van der Waals surface area (Å²) in [5.41, 5.74) is -1.50. The molecule has 1 heterocycles. The van der Waals surface area contributed by atoms with E-state index >= 15 is 0 Å². The first kappa shape index (κ1) is 22.7. The number of aliphatic imine (C=N–C) groups is 1. The van der Waals surface area contributed by atoms with Gasteiger partial charge in [-0.3, -0.25) is 10.1 Å². The van der Waals surface area contributed by atoms with Crippen LogP contribution < -0.4 is 15.3 Å². The summed E-state index contributed by atoms with van der Waals surface area (Å²) >= 11 is 0. The van der Waals surface area contributed by atoms with E-state index in [0.29, 0.717) is 10.6 Å². The Hall–Kier alpha value is -3.95. The van der Waals surface area contributed by atoms with Gasteiger partial charge in [-0.2, -0.15) is 5.26 Å². The molecule has 2 N–H and O–H groups in total. The molecule has 1 atom stereocenters. The number of benzene rings is 2. The Morgan fingerprint density at radius 2 is 1.94 bits per heavy atom. The average molecular weight is 457 g/mol. The average Bonchev–Trinajstić information content (AvgIpc) is 2.75. The van der Waals surface area contributed by atoms with Crippen molar-refractivity contribution in [1.82, 2.24) is 5.01 Å². The van der Waals surface area contributed by atoms with Crippen molar-refractivity contribution in [2.24, 2.45) is 10.8 Å². The van der Waals surface area contributed by atoms with E-state index in [1.54, 1.807) is 30.3 Å². The second-order valence-electron chi connectivity index (χ2n) is 6.79. The zero-order valence-electron chi connectivity index (χ0n) is 17.1. The van der Waals surface area contributed by atoms with Crippen molar-refractivity contribution in [3.8, 4) is 17.6 Å². The minimum atomic E-state index is -3.91. The first-order chi connectivity index (χ1) is 15.2. The summed E-state index contributed by atoms with van der Waals surface area (Å²) < 4.78 is 35.6. The van der Waals surface area contributed by atoms with Crippen molar-refractivity contribution in [3.05, 3.63) is 81.4 Å². The number of nitro groups is 1. The Balaban J connectivity index is 2.19. The van der Waals surface area contributed by atoms with Crippen LogP contribution in [0.15, 0.2) is 65.1 Å². The lowest BCUT2D eigenvalue weighted by Gasteiger charge is -2.30. The number of ether oxygens (including phenoxy) is 2. The summed E-state index contributed by atoms with van der Waals surface area (Å²) in [6.07, 6.45) is 0.881. The lowest BCUT2D eigenvalue weighted by atomic mass is 10.1. The van der Waals surface area contributed by atoms with Gasteiger partial charge in [0.25, 0.3) is 5.88 Å². The molecule has 2 aromatic carbocycles. The van der Waals surface area contributed by atoms with Crippen molar-refractivity contribution >= 4 is 15.5 Å². The van der Waals surface area contributed by atoms with Gasteiger partial charge in [0.2, 0.25) is 5.50 Å². The molecule has 0 bridgehead atoms. The molecule has 0 spiro atoms. The standard InChI is InChI=1S/C20H19N5O6S/c1-30-16-9-8-14(12-21)11-17(16)31-19-18(25(26)27)15(10-13-6-4-3-5-7-13)23-20(24(19)22)32(2,28)29/h3-9,11,20H,10,22H2,1-2H3. The Kier molecular flexibility index (Phi) is 6.42. The Labute approximate surface area is 184 Å². The number of sulfone groups is 1. The predicted octanol–water partition coefficient (Wildman–Crippen LogP) is 1.59. The number of nitrogens with zero attached hydrogens (tertiary/aromatic N) is 4. The van der Waals surface area contributed by atoms with Crippen LogP contribution in [0.3, 0.4) is 0 Å². The van der Waals surface area contributed by atoms with Gasteiger partial charge in [-0.1, -0.05) is 30.3 Å². The Morgan fingerprint density at radius 3 is 2.50 bits per heavy atom. The third-order valence-corrected chi connectivity index (χ3v) is 5.59. The molecule has 166 valence electrons. The predicted molar refractivity (Wildman–Crippen MR) is 115 cm³/mol. The zero-order chi connectivity index (χ0) is 23.5. The fraction of sp³-hybridized carbons (Fsp3) is 0.200. The summed E-state index contributed by atoms with van der Waals surface area (Å²) in [6, 6.07) is 14.9. The van der Waals surface area contributed by atoms with Gasteiger partial charge in [0.15, 0.2) is 21.3 Å². The van der Waals surface area contributed by atoms with Crippen molar-refractivity contribution in [1.29, 1.82) is 5.26 Å². The lowest BCUT2D eigenvalue weighted by molar-refractivity contribution is -0.419. The highest BCUT2D eigenvalue weighted by molar-refractivity contribution is 7.91. The smallest absolute Gasteiger partial charge is 0.351 e. The summed E-state index contributed by atoms with van der Waals surface area (Å²) in [4.78, 5) is 15.3. The van der Waals surface area contributed by atoms with Crippen LogP contribution in [-0.4, -0.2) is 42.9 Å². The Bertz CT molecular complexity index is 1250. The fourth-order valence-electron chi connectivity index (χ4n) is 3.04. The molecule has 1 aliphatic heterocycles. The molecule has 32 heavy (non-hydrogen) atoms. The lowest BCUT2D eigenvalue weighted by Crippen LogP contribution is -2.50. The van der Waals surface area contributed by atoms with E-state index in [1.165, 1.54) is 25.3 Å². The topological polar surface area (TPSA) is 161 Å². The molecule has 1 aliphatic rings. The van der Waals surface area contributed by atoms with Gasteiger partial charge in [0.05, 0.1) is 23.7 Å². The van der Waals surface area contributed by atoms with Crippen LogP contribution in [-0.2, 0) is 16.3 Å². The van der Waals surface area contributed by atoms with Crippen molar-refractivity contribution in [2.45, 2.75) is 11.9 Å². The second-order valence-corrected chi connectivity index (χ2v) is 8.87. The molecule has 12 heteroatoms. The molecule has 2 aromatic rings. The van der Waals surface area contributed by atoms with Gasteiger partial charge in [0.1, 0.15) is 5.71 Å². The summed E-state index contributed by atoms with van der Waals surface area (Å²) in [5, 5.41) is 21.8. The van der Waals surface area contributed by atoms with E-state index in [0.717, 1.165) is 6.26 Å². The van der Waals surface area contributed by atoms with Gasteiger partial charge in [-0.15, -0.1) is 0 Å². The minimum Gasteiger partial charge on any atom is -0.493 e. The molecular formula is C20H19N5O6S. The first-order valence-corrected chi connectivity index (χ1v) is 11.1. The number of nitriles is 1. The van der Waals surface area contributed by atoms with Crippen LogP contribution in [0.4, 0.5) is 0 Å². The second kappa shape index (κ2) is 9.04. The maximum atomic E-state index is 12.3. The van der Waals surface area contributed by atoms with Gasteiger partial charge in [-0.05, 0) is 17.7 Å². The van der Waals surface area contributed by atoms with E-state index in [4.69, 9.17) is 15.3 Å². The number of rotatable bonds is 7. The molecule has 0 amide bonds. The third kappa shape index (κ3) is 4.69. The normalized spacial score (nSPS) is 16.2. The molecule has 0 fully saturated rings. The number of nitrogens with two attached hydrogens (primary N) is 1. The minimum absolute atomic E-state index is 0.0285. The highest BCUT2D eigenvalue weighted by Gasteiger charge is 2.42. The number of hydrogen-bond donors (Lipinski definition) is 1. The monoisotopic (exact) mass is 457 g/mol. The van der Waals surface area contributed by atoms with Crippen molar-refractivity contribution in [2.75, 3.05) is 13.4 Å². The quantitative estimate of drug-likeness (QED) is 0.370. The molecule has 0 aromatic heterocycles. The molecule has 1 unspecified atom stereocenters. The number of allylic oxidation sites excluding steroid dienone is 1. The molecule has 0 saturated carbocycles. The third-order valence-electron chi connectivity index (χ3n) is 4.49. The van der Waals surface area contributed by atoms with E-state index in [2.05, 4.69) is 4.99 Å².